The number of nitrogens with two attached hydrogens (primary N) is 1. The Bertz CT molecular complexity index is 1530. The highest BCUT2D eigenvalue weighted by Gasteiger charge is 2.35. The summed E-state index contributed by atoms with van der Waals surface area (Å²) >= 11 is 18.6. The summed E-state index contributed by atoms with van der Waals surface area (Å²) in [5.74, 6) is -1.08. The van der Waals surface area contributed by atoms with Crippen molar-refractivity contribution in [1.29, 1.82) is 0 Å². The zero-order valence-corrected chi connectivity index (χ0v) is 24.1. The maximum absolute atomic E-state index is 13.4. The third kappa shape index (κ3) is 6.73. The summed E-state index contributed by atoms with van der Waals surface area (Å²) < 4.78 is 29.3. The summed E-state index contributed by atoms with van der Waals surface area (Å²) in [6.45, 7) is 3.54. The number of hydrogen-bond acceptors (Lipinski definition) is 6. The molecule has 2 atom stereocenters. The molecule has 12 heteroatoms. The monoisotopic (exact) mass is 605 g/mol. The fraction of sp³-hybridized carbons (Fsp3) is 0.222. The van der Waals surface area contributed by atoms with Crippen LogP contribution in [0.1, 0.15) is 31.9 Å². The molecule has 3 aromatic rings. The van der Waals surface area contributed by atoms with Crippen LogP contribution in [-0.4, -0.2) is 31.9 Å². The van der Waals surface area contributed by atoms with E-state index in [9.17, 15) is 13.2 Å². The molecule has 0 saturated heterocycles. The van der Waals surface area contributed by atoms with Crippen LogP contribution in [0.25, 0.3) is 0 Å². The molecule has 0 aromatic heterocycles. The lowest BCUT2D eigenvalue weighted by molar-refractivity contribution is -0.120. The highest BCUT2D eigenvalue weighted by molar-refractivity contribution is 7.90. The first-order valence-corrected chi connectivity index (χ1v) is 14.6. The number of carbonyl (C=O) groups is 1. The first-order chi connectivity index (χ1) is 18.5. The lowest BCUT2D eigenvalue weighted by Gasteiger charge is -2.24. The molecule has 0 radical (unpaired) electrons. The van der Waals surface area contributed by atoms with Gasteiger partial charge < -0.3 is 5.73 Å². The minimum Gasteiger partial charge on any atom is -0.368 e. The van der Waals surface area contributed by atoms with E-state index in [0.29, 0.717) is 26.5 Å². The Balaban J connectivity index is 1.84. The predicted molar refractivity (Wildman–Crippen MR) is 157 cm³/mol. The smallest absolute Gasteiger partial charge is 0.263 e. The van der Waals surface area contributed by atoms with Crippen LogP contribution in [0.3, 0.4) is 0 Å². The number of hydrogen-bond donors (Lipinski definition) is 2. The average molecular weight is 607 g/mol. The molecule has 1 aliphatic heterocycles. The molecule has 204 valence electrons. The number of aliphatic imine (C=N–C) groups is 1. The van der Waals surface area contributed by atoms with Crippen molar-refractivity contribution in [2.45, 2.75) is 37.2 Å². The normalized spacial score (nSPS) is 16.8. The summed E-state index contributed by atoms with van der Waals surface area (Å²) in [5.41, 5.74) is 7.42. The highest BCUT2D eigenvalue weighted by Crippen LogP contribution is 2.39. The molecule has 1 aliphatic rings. The zero-order chi connectivity index (χ0) is 28.3. The van der Waals surface area contributed by atoms with Gasteiger partial charge in [0.05, 0.1) is 21.6 Å². The second-order valence-corrected chi connectivity index (χ2v) is 12.2. The molecule has 1 heterocycles. The second kappa shape index (κ2) is 12.0. The van der Waals surface area contributed by atoms with Gasteiger partial charge >= 0.3 is 0 Å². The van der Waals surface area contributed by atoms with Crippen LogP contribution in [0.5, 0.6) is 0 Å². The largest absolute Gasteiger partial charge is 0.368 e. The number of sulfonamides is 1. The quantitative estimate of drug-likeness (QED) is 0.247. The van der Waals surface area contributed by atoms with Crippen molar-refractivity contribution < 1.29 is 13.2 Å². The molecule has 3 N–H and O–H groups in total. The van der Waals surface area contributed by atoms with Crippen LogP contribution in [0, 0.1) is 5.92 Å². The number of hydrazone groups is 1. The van der Waals surface area contributed by atoms with E-state index < -0.39 is 22.0 Å². The highest BCUT2D eigenvalue weighted by atomic mass is 35.5. The van der Waals surface area contributed by atoms with E-state index in [1.165, 1.54) is 24.3 Å². The number of carbonyl (C=O) groups excluding carboxylic acids is 1. The summed E-state index contributed by atoms with van der Waals surface area (Å²) in [5, 5.41) is 7.67. The number of primary amides is 1. The maximum Gasteiger partial charge on any atom is 0.263 e. The SMILES string of the molecule is CC(C)[C@H](N=C(NS(=O)(=O)c1ccc(Cl)cc1)C1=NN(c2ccc(Cl)cc2Cl)C(c2ccccc2)C1)C(N)=O. The van der Waals surface area contributed by atoms with Crippen molar-refractivity contribution in [3.63, 3.8) is 0 Å². The molecule has 0 bridgehead atoms. The molecule has 0 spiro atoms. The fourth-order valence-corrected chi connectivity index (χ4v) is 5.78. The second-order valence-electron chi connectivity index (χ2n) is 9.25. The molecule has 4 rings (SSSR count). The van der Waals surface area contributed by atoms with Crippen molar-refractivity contribution in [1.82, 2.24) is 4.72 Å². The lowest BCUT2D eigenvalue weighted by Crippen LogP contribution is -2.40. The van der Waals surface area contributed by atoms with Gasteiger partial charge in [0.2, 0.25) is 5.91 Å². The van der Waals surface area contributed by atoms with Gasteiger partial charge in [-0.2, -0.15) is 5.10 Å². The Morgan fingerprint density at radius 1 is 1.03 bits per heavy atom. The summed E-state index contributed by atoms with van der Waals surface area (Å²) in [7, 11) is -4.12. The molecule has 0 aliphatic carbocycles. The van der Waals surface area contributed by atoms with E-state index in [4.69, 9.17) is 45.6 Å². The van der Waals surface area contributed by atoms with Gasteiger partial charge in [0.25, 0.3) is 10.0 Å². The Labute approximate surface area is 242 Å². The first kappa shape index (κ1) is 28.9. The first-order valence-electron chi connectivity index (χ1n) is 12.0. The number of halogens is 3. The third-order valence-corrected chi connectivity index (χ3v) is 8.22. The summed E-state index contributed by atoms with van der Waals surface area (Å²) in [4.78, 5) is 16.7. The fourth-order valence-electron chi connectivity index (χ4n) is 4.12. The van der Waals surface area contributed by atoms with Gasteiger partial charge in [-0.3, -0.25) is 19.5 Å². The summed E-state index contributed by atoms with van der Waals surface area (Å²) in [6, 6.07) is 18.9. The van der Waals surface area contributed by atoms with Gasteiger partial charge in [0.15, 0.2) is 5.84 Å². The third-order valence-electron chi connectivity index (χ3n) is 6.07. The van der Waals surface area contributed by atoms with Crippen molar-refractivity contribution in [3.8, 4) is 0 Å². The number of benzene rings is 3. The van der Waals surface area contributed by atoms with E-state index in [-0.39, 0.29) is 29.1 Å². The van der Waals surface area contributed by atoms with Crippen molar-refractivity contribution >= 4 is 68.0 Å². The molecule has 1 amide bonds. The Morgan fingerprint density at radius 3 is 2.26 bits per heavy atom. The van der Waals surface area contributed by atoms with Crippen molar-refractivity contribution in [3.05, 3.63) is 93.4 Å². The van der Waals surface area contributed by atoms with Crippen molar-refractivity contribution in [2.75, 3.05) is 5.01 Å². The van der Waals surface area contributed by atoms with E-state index in [1.807, 2.05) is 30.3 Å². The Kier molecular flexibility index (Phi) is 8.86. The Morgan fingerprint density at radius 2 is 1.67 bits per heavy atom. The molecular weight excluding hydrogens is 581 g/mol. The number of nitrogens with one attached hydrogen (secondary N) is 1. The predicted octanol–water partition coefficient (Wildman–Crippen LogP) is 5.84. The molecule has 1 unspecified atom stereocenters. The number of amides is 1. The van der Waals surface area contributed by atoms with E-state index in [1.54, 1.807) is 37.1 Å². The van der Waals surface area contributed by atoms with Gasteiger partial charge in [0, 0.05) is 16.5 Å². The Hall–Kier alpha value is -3.11. The number of nitrogens with zero attached hydrogens (tertiary/aromatic N) is 3. The molecule has 0 saturated carbocycles. The van der Waals surface area contributed by atoms with E-state index in [2.05, 4.69) is 9.71 Å². The standard InChI is InChI=1S/C27H26Cl3N5O3S/c1-16(2)25(26(31)36)32-27(34-39(37,38)20-11-8-18(28)9-12-20)22-15-24(17-6-4-3-5-7-17)35(33-22)23-13-10-19(29)14-21(23)30/h3-14,16,24-25H,15H2,1-2H3,(H2,31,36)(H,32,34)/t24?,25-/m0/s1. The van der Waals surface area contributed by atoms with Crippen LogP contribution >= 0.6 is 34.8 Å². The van der Waals surface area contributed by atoms with Gasteiger partial charge in [-0.1, -0.05) is 79.0 Å². The molecule has 0 fully saturated rings. The van der Waals surface area contributed by atoms with Crippen molar-refractivity contribution in [2.24, 2.45) is 21.7 Å². The molecular formula is C27H26Cl3N5O3S. The average Bonchev–Trinajstić information content (AvgIpc) is 3.32. The molecule has 8 nitrogen and oxygen atoms in total. The maximum atomic E-state index is 13.4. The van der Waals surface area contributed by atoms with E-state index >= 15 is 0 Å². The minimum atomic E-state index is -4.12. The summed E-state index contributed by atoms with van der Waals surface area (Å²) in [6.07, 6.45) is 0.258. The van der Waals surface area contributed by atoms with Crippen LogP contribution < -0.4 is 15.5 Å². The number of rotatable bonds is 8. The van der Waals surface area contributed by atoms with Crippen LogP contribution in [-0.2, 0) is 14.8 Å². The lowest BCUT2D eigenvalue weighted by atomic mass is 10.0. The number of anilines is 1. The van der Waals surface area contributed by atoms with Gasteiger partial charge in [-0.05, 0) is 53.9 Å². The number of amidine groups is 1. The molecule has 3 aromatic carbocycles. The van der Waals surface area contributed by atoms with Gasteiger partial charge in [-0.15, -0.1) is 0 Å². The minimum absolute atomic E-state index is 0.0319. The zero-order valence-electron chi connectivity index (χ0n) is 21.1. The topological polar surface area (TPSA) is 117 Å². The van der Waals surface area contributed by atoms with E-state index in [0.717, 1.165) is 5.56 Å². The van der Waals surface area contributed by atoms with Crippen LogP contribution in [0.2, 0.25) is 15.1 Å². The van der Waals surface area contributed by atoms with Gasteiger partial charge in [-0.25, -0.2) is 8.42 Å². The molecule has 39 heavy (non-hydrogen) atoms. The van der Waals surface area contributed by atoms with Gasteiger partial charge in [0.1, 0.15) is 11.8 Å². The van der Waals surface area contributed by atoms with Crippen LogP contribution in [0.4, 0.5) is 5.69 Å². The van der Waals surface area contributed by atoms with Crippen LogP contribution in [0.15, 0.2) is 87.8 Å².